The Labute approximate surface area is 144 Å². The van der Waals surface area contributed by atoms with Crippen LogP contribution in [0.4, 0.5) is 5.69 Å². The lowest BCUT2D eigenvalue weighted by molar-refractivity contribution is -0.384. The number of hydrogen-bond donors (Lipinski definition) is 0. The van der Waals surface area contributed by atoms with Crippen LogP contribution in [0.5, 0.6) is 0 Å². The minimum atomic E-state index is -0.584. The van der Waals surface area contributed by atoms with E-state index < -0.39 is 4.92 Å². The van der Waals surface area contributed by atoms with Crippen LogP contribution in [0, 0.1) is 10.1 Å². The summed E-state index contributed by atoms with van der Waals surface area (Å²) >= 11 is 17.7. The van der Waals surface area contributed by atoms with Crippen molar-refractivity contribution in [2.45, 2.75) is 0 Å². The lowest BCUT2D eigenvalue weighted by Gasteiger charge is -1.99. The van der Waals surface area contributed by atoms with Crippen molar-refractivity contribution < 1.29 is 9.45 Å². The van der Waals surface area contributed by atoms with Crippen LogP contribution in [0.25, 0.3) is 22.8 Å². The highest BCUT2D eigenvalue weighted by Gasteiger charge is 2.18. The molecule has 0 radical (unpaired) electrons. The van der Waals surface area contributed by atoms with Crippen molar-refractivity contribution in [3.63, 3.8) is 0 Å². The molecule has 0 unspecified atom stereocenters. The number of nitrogens with zero attached hydrogens (tertiary/aromatic N) is 3. The quantitative estimate of drug-likeness (QED) is 0.463. The Morgan fingerprint density at radius 2 is 1.83 bits per heavy atom. The van der Waals surface area contributed by atoms with Crippen LogP contribution in [-0.2, 0) is 0 Å². The molecule has 1 aromatic heterocycles. The van der Waals surface area contributed by atoms with Crippen molar-refractivity contribution in [3.8, 4) is 22.8 Å². The number of hydrogen-bond acceptors (Lipinski definition) is 5. The molecule has 0 bridgehead atoms. The summed E-state index contributed by atoms with van der Waals surface area (Å²) in [6.07, 6.45) is 0. The molecule has 6 nitrogen and oxygen atoms in total. The SMILES string of the molecule is O=[N+]([O-])c1cc(-c2nc(-c3ccc(Cl)cc3Cl)no2)ccc1Cl. The third-order valence-electron chi connectivity index (χ3n) is 2.99. The van der Waals surface area contributed by atoms with Crippen molar-refractivity contribution in [2.24, 2.45) is 0 Å². The van der Waals surface area contributed by atoms with E-state index in [1.54, 1.807) is 24.3 Å². The normalized spacial score (nSPS) is 10.7. The molecule has 23 heavy (non-hydrogen) atoms. The molecule has 0 aliphatic heterocycles. The zero-order valence-corrected chi connectivity index (χ0v) is 13.4. The minimum absolute atomic E-state index is 0.0271. The lowest BCUT2D eigenvalue weighted by Crippen LogP contribution is -1.90. The summed E-state index contributed by atoms with van der Waals surface area (Å²) in [5.41, 5.74) is 0.674. The van der Waals surface area contributed by atoms with E-state index in [-0.39, 0.29) is 22.4 Å². The fourth-order valence-corrected chi connectivity index (χ4v) is 2.59. The predicted molar refractivity (Wildman–Crippen MR) is 86.9 cm³/mol. The highest BCUT2D eigenvalue weighted by Crippen LogP contribution is 2.32. The Balaban J connectivity index is 2.02. The summed E-state index contributed by atoms with van der Waals surface area (Å²) < 4.78 is 5.15. The van der Waals surface area contributed by atoms with Gasteiger partial charge in [-0.15, -0.1) is 0 Å². The first kappa shape index (κ1) is 15.7. The molecule has 0 fully saturated rings. The maximum absolute atomic E-state index is 10.9. The van der Waals surface area contributed by atoms with Crippen LogP contribution in [-0.4, -0.2) is 15.1 Å². The van der Waals surface area contributed by atoms with Gasteiger partial charge in [-0.2, -0.15) is 4.98 Å². The van der Waals surface area contributed by atoms with E-state index >= 15 is 0 Å². The monoisotopic (exact) mass is 369 g/mol. The first-order valence-electron chi connectivity index (χ1n) is 6.19. The van der Waals surface area contributed by atoms with Crippen molar-refractivity contribution >= 4 is 40.5 Å². The molecule has 0 amide bonds. The standard InChI is InChI=1S/C14H6Cl3N3O3/c15-8-2-3-9(11(17)6-8)13-18-14(23-19-13)7-1-4-10(16)12(5-7)20(21)22/h1-6H. The van der Waals surface area contributed by atoms with Crippen LogP contribution < -0.4 is 0 Å². The van der Waals surface area contributed by atoms with Crippen molar-refractivity contribution in [2.75, 3.05) is 0 Å². The second-order valence-corrected chi connectivity index (χ2v) is 5.72. The molecule has 0 saturated carbocycles. The Hall–Kier alpha value is -2.15. The average Bonchev–Trinajstić information content (AvgIpc) is 2.97. The smallest absolute Gasteiger partial charge is 0.288 e. The van der Waals surface area contributed by atoms with Gasteiger partial charge in [0.25, 0.3) is 11.6 Å². The number of halogens is 3. The van der Waals surface area contributed by atoms with Crippen molar-refractivity contribution in [3.05, 3.63) is 61.6 Å². The number of nitro benzene ring substituents is 1. The van der Waals surface area contributed by atoms with Gasteiger partial charge >= 0.3 is 0 Å². The Morgan fingerprint density at radius 1 is 1.04 bits per heavy atom. The van der Waals surface area contributed by atoms with Gasteiger partial charge in [-0.3, -0.25) is 10.1 Å². The zero-order chi connectivity index (χ0) is 16.6. The first-order chi connectivity index (χ1) is 11.0. The molecule has 3 aromatic rings. The fourth-order valence-electron chi connectivity index (χ4n) is 1.91. The Kier molecular flexibility index (Phi) is 4.21. The van der Waals surface area contributed by atoms with Gasteiger partial charge in [0.15, 0.2) is 0 Å². The Bertz CT molecular complexity index is 911. The van der Waals surface area contributed by atoms with E-state index in [0.717, 1.165) is 0 Å². The van der Waals surface area contributed by atoms with Crippen LogP contribution in [0.1, 0.15) is 0 Å². The molecule has 116 valence electrons. The number of rotatable bonds is 3. The van der Waals surface area contributed by atoms with Crippen LogP contribution in [0.15, 0.2) is 40.9 Å². The Morgan fingerprint density at radius 3 is 2.52 bits per heavy atom. The zero-order valence-electron chi connectivity index (χ0n) is 11.2. The minimum Gasteiger partial charge on any atom is -0.334 e. The van der Waals surface area contributed by atoms with E-state index in [4.69, 9.17) is 39.3 Å². The van der Waals surface area contributed by atoms with Gasteiger partial charge in [-0.05, 0) is 30.3 Å². The molecule has 0 N–H and O–H groups in total. The van der Waals surface area contributed by atoms with Gasteiger partial charge in [-0.25, -0.2) is 0 Å². The summed E-state index contributed by atoms with van der Waals surface area (Å²) in [6.45, 7) is 0. The van der Waals surface area contributed by atoms with Gasteiger partial charge in [0.1, 0.15) is 5.02 Å². The van der Waals surface area contributed by atoms with Gasteiger partial charge in [0, 0.05) is 22.2 Å². The van der Waals surface area contributed by atoms with Crippen molar-refractivity contribution in [1.82, 2.24) is 10.1 Å². The fraction of sp³-hybridized carbons (Fsp3) is 0. The van der Waals surface area contributed by atoms with Gasteiger partial charge in [-0.1, -0.05) is 40.0 Å². The van der Waals surface area contributed by atoms with Crippen molar-refractivity contribution in [1.29, 1.82) is 0 Å². The largest absolute Gasteiger partial charge is 0.334 e. The van der Waals surface area contributed by atoms with E-state index in [9.17, 15) is 10.1 Å². The number of nitro groups is 1. The lowest BCUT2D eigenvalue weighted by atomic mass is 10.2. The van der Waals surface area contributed by atoms with Crippen LogP contribution >= 0.6 is 34.8 Å². The maximum Gasteiger partial charge on any atom is 0.288 e. The number of benzene rings is 2. The molecule has 0 aliphatic carbocycles. The van der Waals surface area contributed by atoms with Gasteiger partial charge in [0.2, 0.25) is 5.82 Å². The summed E-state index contributed by atoms with van der Waals surface area (Å²) in [5, 5.41) is 15.6. The highest BCUT2D eigenvalue weighted by atomic mass is 35.5. The second-order valence-electron chi connectivity index (χ2n) is 4.47. The maximum atomic E-state index is 10.9. The molecule has 0 aliphatic rings. The van der Waals surface area contributed by atoms with Gasteiger partial charge < -0.3 is 4.52 Å². The number of aromatic nitrogens is 2. The highest BCUT2D eigenvalue weighted by molar-refractivity contribution is 6.36. The summed E-state index contributed by atoms with van der Waals surface area (Å²) in [4.78, 5) is 14.5. The first-order valence-corrected chi connectivity index (χ1v) is 7.32. The molecule has 2 aromatic carbocycles. The summed E-state index contributed by atoms with van der Waals surface area (Å²) in [7, 11) is 0. The molecule has 9 heteroatoms. The average molecular weight is 371 g/mol. The molecule has 0 saturated heterocycles. The van der Waals surface area contributed by atoms with Gasteiger partial charge in [0.05, 0.1) is 9.95 Å². The van der Waals surface area contributed by atoms with E-state index in [2.05, 4.69) is 10.1 Å². The summed E-state index contributed by atoms with van der Waals surface area (Å²) in [5.74, 6) is 0.366. The second kappa shape index (κ2) is 6.16. The van der Waals surface area contributed by atoms with Crippen LogP contribution in [0.3, 0.4) is 0 Å². The molecule has 3 rings (SSSR count). The van der Waals surface area contributed by atoms with E-state index in [1.165, 1.54) is 12.1 Å². The van der Waals surface area contributed by atoms with E-state index in [1.807, 2.05) is 0 Å². The molecule has 0 atom stereocenters. The topological polar surface area (TPSA) is 82.1 Å². The third-order valence-corrected chi connectivity index (χ3v) is 3.86. The van der Waals surface area contributed by atoms with E-state index in [0.29, 0.717) is 21.2 Å². The molecule has 0 spiro atoms. The molecular weight excluding hydrogens is 365 g/mol. The molecular formula is C14H6Cl3N3O3. The third kappa shape index (κ3) is 3.14. The summed E-state index contributed by atoms with van der Waals surface area (Å²) in [6, 6.07) is 9.07. The predicted octanol–water partition coefficient (Wildman–Crippen LogP) is 5.27. The molecule has 1 heterocycles. The van der Waals surface area contributed by atoms with Crippen LogP contribution in [0.2, 0.25) is 15.1 Å².